The SMILES string of the molecule is COCC1(C(=O)NCc2ccc(Cn3ccnc3)cc2)CCNCC1. The number of ether oxygens (including phenoxy) is 1. The van der Waals surface area contributed by atoms with Crippen molar-refractivity contribution < 1.29 is 9.53 Å². The van der Waals surface area contributed by atoms with Crippen molar-refractivity contribution in [2.45, 2.75) is 25.9 Å². The van der Waals surface area contributed by atoms with Gasteiger partial charge >= 0.3 is 0 Å². The molecule has 2 N–H and O–H groups in total. The van der Waals surface area contributed by atoms with E-state index < -0.39 is 5.41 Å². The first kappa shape index (κ1) is 17.6. The number of aromatic nitrogens is 2. The highest BCUT2D eigenvalue weighted by molar-refractivity contribution is 5.83. The number of carbonyl (C=O) groups excluding carboxylic acids is 1. The average molecular weight is 342 g/mol. The first-order valence-electron chi connectivity index (χ1n) is 8.73. The zero-order chi connectivity index (χ0) is 17.5. The Morgan fingerprint density at radius 2 is 2.00 bits per heavy atom. The van der Waals surface area contributed by atoms with Crippen molar-refractivity contribution in [3.63, 3.8) is 0 Å². The number of carbonyl (C=O) groups is 1. The van der Waals surface area contributed by atoms with E-state index in [2.05, 4.69) is 39.9 Å². The van der Waals surface area contributed by atoms with Crippen LogP contribution < -0.4 is 10.6 Å². The molecule has 6 nitrogen and oxygen atoms in total. The van der Waals surface area contributed by atoms with E-state index in [-0.39, 0.29) is 5.91 Å². The fourth-order valence-corrected chi connectivity index (χ4v) is 3.34. The number of imidazole rings is 1. The number of nitrogens with one attached hydrogen (secondary N) is 2. The lowest BCUT2D eigenvalue weighted by Gasteiger charge is -2.35. The number of hydrogen-bond acceptors (Lipinski definition) is 4. The summed E-state index contributed by atoms with van der Waals surface area (Å²) >= 11 is 0. The van der Waals surface area contributed by atoms with Crippen LogP contribution in [-0.2, 0) is 22.6 Å². The number of hydrogen-bond donors (Lipinski definition) is 2. The lowest BCUT2D eigenvalue weighted by molar-refractivity contribution is -0.136. The zero-order valence-corrected chi connectivity index (χ0v) is 14.7. The summed E-state index contributed by atoms with van der Waals surface area (Å²) in [5.74, 6) is 0.0957. The van der Waals surface area contributed by atoms with E-state index in [0.29, 0.717) is 13.2 Å². The highest BCUT2D eigenvalue weighted by Crippen LogP contribution is 2.29. The minimum Gasteiger partial charge on any atom is -0.384 e. The topological polar surface area (TPSA) is 68.2 Å². The second-order valence-corrected chi connectivity index (χ2v) is 6.70. The Labute approximate surface area is 148 Å². The Kier molecular flexibility index (Phi) is 5.83. The second-order valence-electron chi connectivity index (χ2n) is 6.70. The van der Waals surface area contributed by atoms with Gasteiger partial charge in [0.2, 0.25) is 5.91 Å². The van der Waals surface area contributed by atoms with Crippen molar-refractivity contribution >= 4 is 5.91 Å². The van der Waals surface area contributed by atoms with Crippen LogP contribution in [0.3, 0.4) is 0 Å². The van der Waals surface area contributed by atoms with Gasteiger partial charge in [-0.1, -0.05) is 24.3 Å². The van der Waals surface area contributed by atoms with Crippen LogP contribution in [0.25, 0.3) is 0 Å². The molecule has 1 fully saturated rings. The van der Waals surface area contributed by atoms with Gasteiger partial charge in [-0.3, -0.25) is 4.79 Å². The third kappa shape index (κ3) is 4.46. The number of nitrogens with zero attached hydrogens (tertiary/aromatic N) is 2. The molecule has 0 spiro atoms. The Hall–Kier alpha value is -2.18. The lowest BCUT2D eigenvalue weighted by atomic mass is 9.78. The molecule has 0 radical (unpaired) electrons. The maximum atomic E-state index is 12.7. The second kappa shape index (κ2) is 8.27. The molecule has 1 saturated heterocycles. The Bertz CT molecular complexity index is 656. The molecule has 1 aromatic carbocycles. The molecule has 0 saturated carbocycles. The highest BCUT2D eigenvalue weighted by atomic mass is 16.5. The molecule has 1 aromatic heterocycles. The van der Waals surface area contributed by atoms with Gasteiger partial charge in [0.1, 0.15) is 0 Å². The average Bonchev–Trinajstić information content (AvgIpc) is 3.15. The summed E-state index contributed by atoms with van der Waals surface area (Å²) < 4.78 is 7.36. The minimum absolute atomic E-state index is 0.0957. The molecule has 3 rings (SSSR count). The summed E-state index contributed by atoms with van der Waals surface area (Å²) in [7, 11) is 1.66. The van der Waals surface area contributed by atoms with Gasteiger partial charge < -0.3 is 19.9 Å². The largest absolute Gasteiger partial charge is 0.384 e. The van der Waals surface area contributed by atoms with Crippen LogP contribution in [0.1, 0.15) is 24.0 Å². The Morgan fingerprint density at radius 1 is 1.28 bits per heavy atom. The molecule has 1 aliphatic heterocycles. The molecule has 2 heterocycles. The third-order valence-electron chi connectivity index (χ3n) is 4.86. The van der Waals surface area contributed by atoms with Gasteiger partial charge in [0.25, 0.3) is 0 Å². The van der Waals surface area contributed by atoms with Crippen LogP contribution in [0.5, 0.6) is 0 Å². The van der Waals surface area contributed by atoms with Gasteiger partial charge in [-0.05, 0) is 37.1 Å². The molecule has 25 heavy (non-hydrogen) atoms. The summed E-state index contributed by atoms with van der Waals surface area (Å²) in [6.07, 6.45) is 7.17. The summed E-state index contributed by atoms with van der Waals surface area (Å²) in [6, 6.07) is 8.32. The van der Waals surface area contributed by atoms with Crippen LogP contribution in [-0.4, -0.2) is 42.3 Å². The van der Waals surface area contributed by atoms with Crippen LogP contribution in [0.2, 0.25) is 0 Å². The fourth-order valence-electron chi connectivity index (χ4n) is 3.34. The molecular weight excluding hydrogens is 316 g/mol. The van der Waals surface area contributed by atoms with Crippen LogP contribution >= 0.6 is 0 Å². The number of benzene rings is 1. The van der Waals surface area contributed by atoms with Crippen LogP contribution in [0.4, 0.5) is 0 Å². The predicted octanol–water partition coefficient (Wildman–Crippen LogP) is 1.56. The van der Waals surface area contributed by atoms with E-state index in [9.17, 15) is 4.79 Å². The van der Waals surface area contributed by atoms with E-state index in [1.54, 1.807) is 13.3 Å². The highest BCUT2D eigenvalue weighted by Gasteiger charge is 2.39. The molecule has 0 bridgehead atoms. The third-order valence-corrected chi connectivity index (χ3v) is 4.86. The smallest absolute Gasteiger partial charge is 0.228 e. The van der Waals surface area contributed by atoms with Gasteiger partial charge in [-0.2, -0.15) is 0 Å². The summed E-state index contributed by atoms with van der Waals surface area (Å²) in [5, 5.41) is 6.41. The first-order chi connectivity index (χ1) is 12.2. The van der Waals surface area contributed by atoms with Gasteiger partial charge in [-0.25, -0.2) is 4.98 Å². The monoisotopic (exact) mass is 342 g/mol. The van der Waals surface area contributed by atoms with Crippen molar-refractivity contribution in [2.75, 3.05) is 26.8 Å². The Balaban J connectivity index is 1.56. The molecule has 6 heteroatoms. The van der Waals surface area contributed by atoms with Crippen molar-refractivity contribution in [3.05, 3.63) is 54.1 Å². The molecule has 0 aliphatic carbocycles. The molecule has 2 aromatic rings. The summed E-state index contributed by atoms with van der Waals surface area (Å²) in [6.45, 7) is 3.55. The van der Waals surface area contributed by atoms with E-state index in [1.807, 2.05) is 17.1 Å². The Morgan fingerprint density at radius 3 is 2.64 bits per heavy atom. The maximum absolute atomic E-state index is 12.7. The van der Waals surface area contributed by atoms with Gasteiger partial charge in [0, 0.05) is 32.6 Å². The van der Waals surface area contributed by atoms with Crippen molar-refractivity contribution in [1.82, 2.24) is 20.2 Å². The molecule has 0 unspecified atom stereocenters. The molecule has 1 aliphatic rings. The normalized spacial score (nSPS) is 16.5. The van der Waals surface area contributed by atoms with Crippen LogP contribution in [0.15, 0.2) is 43.0 Å². The summed E-state index contributed by atoms with van der Waals surface area (Å²) in [5.41, 5.74) is 1.91. The zero-order valence-electron chi connectivity index (χ0n) is 14.7. The lowest BCUT2D eigenvalue weighted by Crippen LogP contribution is -2.49. The molecular formula is C19H26N4O2. The van der Waals surface area contributed by atoms with E-state index in [1.165, 1.54) is 5.56 Å². The van der Waals surface area contributed by atoms with Gasteiger partial charge in [0.15, 0.2) is 0 Å². The fraction of sp³-hybridized carbons (Fsp3) is 0.474. The quantitative estimate of drug-likeness (QED) is 0.801. The van der Waals surface area contributed by atoms with Crippen LogP contribution in [0, 0.1) is 5.41 Å². The standard InChI is InChI=1S/C19H26N4O2/c1-25-14-19(6-8-20-9-7-19)18(24)22-12-16-2-4-17(5-3-16)13-23-11-10-21-15-23/h2-5,10-11,15,20H,6-9,12-14H2,1H3,(H,22,24). The van der Waals surface area contributed by atoms with Crippen molar-refractivity contribution in [1.29, 1.82) is 0 Å². The van der Waals surface area contributed by atoms with Crippen molar-refractivity contribution in [3.8, 4) is 0 Å². The number of piperidine rings is 1. The number of methoxy groups -OCH3 is 1. The minimum atomic E-state index is -0.401. The number of rotatable bonds is 7. The van der Waals surface area contributed by atoms with E-state index in [4.69, 9.17) is 4.74 Å². The predicted molar refractivity (Wildman–Crippen MR) is 96.0 cm³/mol. The molecule has 0 atom stereocenters. The maximum Gasteiger partial charge on any atom is 0.228 e. The molecule has 1 amide bonds. The summed E-state index contributed by atoms with van der Waals surface area (Å²) in [4.78, 5) is 16.8. The number of amides is 1. The van der Waals surface area contributed by atoms with E-state index >= 15 is 0 Å². The van der Waals surface area contributed by atoms with Gasteiger partial charge in [-0.15, -0.1) is 0 Å². The van der Waals surface area contributed by atoms with Gasteiger partial charge in [0.05, 0.1) is 18.3 Å². The first-order valence-corrected chi connectivity index (χ1v) is 8.73. The van der Waals surface area contributed by atoms with Crippen molar-refractivity contribution in [2.24, 2.45) is 5.41 Å². The van der Waals surface area contributed by atoms with E-state index in [0.717, 1.165) is 38.0 Å². The molecule has 134 valence electrons.